The number of carbonyl (C=O) groups is 1. The maximum atomic E-state index is 12.9. The Morgan fingerprint density at radius 3 is 2.97 bits per heavy atom. The van der Waals surface area contributed by atoms with Crippen LogP contribution >= 0.6 is 11.8 Å². The Morgan fingerprint density at radius 2 is 2.20 bits per heavy atom. The number of rotatable bonds is 5. The van der Waals surface area contributed by atoms with Gasteiger partial charge in [-0.3, -0.25) is 14.9 Å². The quantitative estimate of drug-likeness (QED) is 0.620. The summed E-state index contributed by atoms with van der Waals surface area (Å²) in [6.07, 6.45) is 7.71. The average Bonchev–Trinajstić information content (AvgIpc) is 3.34. The number of fused-ring (bicyclic) bond motifs is 1. The van der Waals surface area contributed by atoms with Gasteiger partial charge in [0.1, 0.15) is 0 Å². The third-order valence-corrected chi connectivity index (χ3v) is 7.05. The van der Waals surface area contributed by atoms with Gasteiger partial charge in [0.2, 0.25) is 0 Å². The SMILES string of the molecule is N#CN1CC2CC[C@]2(NC(=O)c2cc(-c3ccncc3Sc3ccccc3)[nH]n2)C1. The van der Waals surface area contributed by atoms with E-state index in [0.717, 1.165) is 40.4 Å². The number of nitriles is 1. The van der Waals surface area contributed by atoms with E-state index in [9.17, 15) is 10.1 Å². The molecule has 7 nitrogen and oxygen atoms in total. The molecule has 3 aromatic rings. The van der Waals surface area contributed by atoms with Gasteiger partial charge in [-0.05, 0) is 37.1 Å². The van der Waals surface area contributed by atoms with Crippen molar-refractivity contribution in [3.63, 3.8) is 0 Å². The van der Waals surface area contributed by atoms with E-state index in [4.69, 9.17) is 0 Å². The van der Waals surface area contributed by atoms with Gasteiger partial charge in [-0.2, -0.15) is 10.4 Å². The highest BCUT2D eigenvalue weighted by Gasteiger charge is 2.54. The van der Waals surface area contributed by atoms with E-state index in [1.165, 1.54) is 0 Å². The Bertz CT molecular complexity index is 1120. The van der Waals surface area contributed by atoms with Gasteiger partial charge in [-0.25, -0.2) is 0 Å². The molecule has 0 bridgehead atoms. The lowest BCUT2D eigenvalue weighted by atomic mass is 9.69. The number of amides is 1. The van der Waals surface area contributed by atoms with E-state index in [2.05, 4.69) is 26.7 Å². The summed E-state index contributed by atoms with van der Waals surface area (Å²) in [5, 5.41) is 19.6. The number of aromatic amines is 1. The Labute approximate surface area is 178 Å². The topological polar surface area (TPSA) is 97.7 Å². The van der Waals surface area contributed by atoms with Gasteiger partial charge in [0.25, 0.3) is 5.91 Å². The molecule has 2 aliphatic rings. The summed E-state index contributed by atoms with van der Waals surface area (Å²) < 4.78 is 0. The van der Waals surface area contributed by atoms with Gasteiger partial charge in [0.15, 0.2) is 11.9 Å². The summed E-state index contributed by atoms with van der Waals surface area (Å²) in [6.45, 7) is 1.30. The van der Waals surface area contributed by atoms with Crippen molar-refractivity contribution in [2.24, 2.45) is 5.92 Å². The minimum atomic E-state index is -0.295. The van der Waals surface area contributed by atoms with Crippen LogP contribution in [0.5, 0.6) is 0 Å². The predicted molar refractivity (Wildman–Crippen MR) is 112 cm³/mol. The van der Waals surface area contributed by atoms with Gasteiger partial charge in [0.05, 0.1) is 17.8 Å². The number of benzene rings is 1. The third kappa shape index (κ3) is 3.31. The van der Waals surface area contributed by atoms with Crippen molar-refractivity contribution in [3.8, 4) is 17.5 Å². The monoisotopic (exact) mass is 416 g/mol. The molecule has 3 heterocycles. The smallest absolute Gasteiger partial charge is 0.272 e. The summed E-state index contributed by atoms with van der Waals surface area (Å²) in [7, 11) is 0. The maximum absolute atomic E-state index is 12.9. The highest BCUT2D eigenvalue weighted by Crippen LogP contribution is 2.44. The number of aromatic nitrogens is 3. The molecule has 0 spiro atoms. The first kappa shape index (κ1) is 18.7. The van der Waals surface area contributed by atoms with Crippen molar-refractivity contribution in [3.05, 3.63) is 60.6 Å². The first-order chi connectivity index (χ1) is 14.7. The van der Waals surface area contributed by atoms with Gasteiger partial charge in [-0.15, -0.1) is 0 Å². The van der Waals surface area contributed by atoms with E-state index < -0.39 is 0 Å². The molecule has 150 valence electrons. The van der Waals surface area contributed by atoms with Crippen molar-refractivity contribution in [1.82, 2.24) is 25.4 Å². The number of nitrogens with one attached hydrogen (secondary N) is 2. The van der Waals surface area contributed by atoms with Gasteiger partial charge >= 0.3 is 0 Å². The number of pyridine rings is 1. The highest BCUT2D eigenvalue weighted by molar-refractivity contribution is 7.99. The lowest BCUT2D eigenvalue weighted by Gasteiger charge is -2.44. The molecule has 1 saturated carbocycles. The Morgan fingerprint density at radius 1 is 1.33 bits per heavy atom. The lowest BCUT2D eigenvalue weighted by Crippen LogP contribution is -2.60. The second-order valence-electron chi connectivity index (χ2n) is 7.78. The zero-order chi connectivity index (χ0) is 20.6. The van der Waals surface area contributed by atoms with Crippen LogP contribution in [0, 0.1) is 17.4 Å². The van der Waals surface area contributed by atoms with Gasteiger partial charge in [0, 0.05) is 40.2 Å². The molecule has 1 aromatic carbocycles. The van der Waals surface area contributed by atoms with Crippen LogP contribution in [0.25, 0.3) is 11.3 Å². The van der Waals surface area contributed by atoms with E-state index >= 15 is 0 Å². The van der Waals surface area contributed by atoms with Crippen molar-refractivity contribution in [2.75, 3.05) is 13.1 Å². The Hall–Kier alpha value is -3.31. The summed E-state index contributed by atoms with van der Waals surface area (Å²) in [5.74, 6) is 0.141. The van der Waals surface area contributed by atoms with Crippen LogP contribution in [-0.4, -0.2) is 44.6 Å². The number of hydrogen-bond acceptors (Lipinski definition) is 6. The van der Waals surface area contributed by atoms with Gasteiger partial charge < -0.3 is 10.2 Å². The molecular formula is C22H20N6OS. The first-order valence-electron chi connectivity index (χ1n) is 9.87. The molecule has 5 rings (SSSR count). The van der Waals surface area contributed by atoms with Crippen LogP contribution in [-0.2, 0) is 0 Å². The molecule has 1 saturated heterocycles. The molecule has 2 N–H and O–H groups in total. The summed E-state index contributed by atoms with van der Waals surface area (Å²) in [6, 6.07) is 13.8. The fraction of sp³-hybridized carbons (Fsp3) is 0.273. The van der Waals surface area contributed by atoms with Crippen LogP contribution in [0.2, 0.25) is 0 Å². The van der Waals surface area contributed by atoms with Crippen LogP contribution in [0.1, 0.15) is 23.3 Å². The van der Waals surface area contributed by atoms with Crippen molar-refractivity contribution >= 4 is 17.7 Å². The number of hydrogen-bond donors (Lipinski definition) is 2. The van der Waals surface area contributed by atoms with Crippen molar-refractivity contribution in [1.29, 1.82) is 5.26 Å². The maximum Gasteiger partial charge on any atom is 0.272 e. The fourth-order valence-electron chi connectivity index (χ4n) is 4.29. The zero-order valence-electron chi connectivity index (χ0n) is 16.2. The van der Waals surface area contributed by atoms with Crippen molar-refractivity contribution in [2.45, 2.75) is 28.2 Å². The van der Waals surface area contributed by atoms with E-state index in [1.807, 2.05) is 42.6 Å². The fourth-order valence-corrected chi connectivity index (χ4v) is 5.24. The number of likely N-dealkylation sites (tertiary alicyclic amines) is 1. The molecule has 8 heteroatoms. The zero-order valence-corrected chi connectivity index (χ0v) is 17.0. The molecule has 0 radical (unpaired) electrons. The normalized spacial score (nSPS) is 22.1. The molecule has 1 amide bonds. The molecular weight excluding hydrogens is 396 g/mol. The van der Waals surface area contributed by atoms with Gasteiger partial charge in [-0.1, -0.05) is 30.0 Å². The molecule has 2 atom stereocenters. The standard InChI is InChI=1S/C22H20N6OS/c23-14-28-12-15-6-8-22(15,13-28)25-21(29)19-10-18(26-27-19)17-7-9-24-11-20(17)30-16-4-2-1-3-5-16/h1-5,7,9-11,15H,6,8,12-13H2,(H,25,29)(H,26,27)/t15?,22-/m0/s1. The van der Waals surface area contributed by atoms with Crippen LogP contribution in [0.4, 0.5) is 0 Å². The molecule has 2 fully saturated rings. The van der Waals surface area contributed by atoms with E-state index in [-0.39, 0.29) is 11.4 Å². The summed E-state index contributed by atoms with van der Waals surface area (Å²) in [5.41, 5.74) is 1.78. The molecule has 2 aromatic heterocycles. The molecule has 1 unspecified atom stereocenters. The average molecular weight is 417 g/mol. The third-order valence-electron chi connectivity index (χ3n) is 5.99. The Kier molecular flexibility index (Phi) is 4.68. The minimum Gasteiger partial charge on any atom is -0.343 e. The summed E-state index contributed by atoms with van der Waals surface area (Å²) >= 11 is 1.62. The van der Waals surface area contributed by atoms with E-state index in [1.54, 1.807) is 28.9 Å². The minimum absolute atomic E-state index is 0.201. The largest absolute Gasteiger partial charge is 0.343 e. The number of H-pyrrole nitrogens is 1. The van der Waals surface area contributed by atoms with E-state index in [0.29, 0.717) is 18.2 Å². The summed E-state index contributed by atoms with van der Waals surface area (Å²) in [4.78, 5) is 21.0. The second-order valence-corrected chi connectivity index (χ2v) is 8.90. The van der Waals surface area contributed by atoms with Crippen molar-refractivity contribution < 1.29 is 4.79 Å². The number of carbonyl (C=O) groups excluding carboxylic acids is 1. The first-order valence-corrected chi connectivity index (χ1v) is 10.7. The highest BCUT2D eigenvalue weighted by atomic mass is 32.2. The molecule has 30 heavy (non-hydrogen) atoms. The Balaban J connectivity index is 1.35. The molecule has 1 aliphatic heterocycles. The molecule has 1 aliphatic carbocycles. The van der Waals surface area contributed by atoms with Crippen LogP contribution in [0.3, 0.4) is 0 Å². The van der Waals surface area contributed by atoms with Crippen LogP contribution in [0.15, 0.2) is 64.6 Å². The van der Waals surface area contributed by atoms with Crippen LogP contribution < -0.4 is 5.32 Å². The number of nitrogens with zero attached hydrogens (tertiary/aromatic N) is 4. The second kappa shape index (κ2) is 7.50. The predicted octanol–water partition coefficient (Wildman–Crippen LogP) is 3.30. The lowest BCUT2D eigenvalue weighted by molar-refractivity contribution is 0.0757.